The Hall–Kier alpha value is -1.13. The van der Waals surface area contributed by atoms with Gasteiger partial charge < -0.3 is 5.73 Å². The van der Waals surface area contributed by atoms with Crippen LogP contribution in [-0.4, -0.2) is 4.92 Å². The van der Waals surface area contributed by atoms with Crippen molar-refractivity contribution in [2.24, 2.45) is 5.73 Å². The zero-order valence-corrected chi connectivity index (χ0v) is 8.12. The average molecular weight is 213 g/mol. The third kappa shape index (κ3) is 1.47. The van der Waals surface area contributed by atoms with Gasteiger partial charge in [-0.1, -0.05) is 11.6 Å². The lowest BCUT2D eigenvalue weighted by Crippen LogP contribution is -2.19. The van der Waals surface area contributed by atoms with Gasteiger partial charge >= 0.3 is 0 Å². The van der Waals surface area contributed by atoms with Crippen molar-refractivity contribution < 1.29 is 4.92 Å². The number of halogens is 1. The predicted octanol–water partition coefficient (Wildman–Crippen LogP) is 2.20. The van der Waals surface area contributed by atoms with Crippen LogP contribution in [0.3, 0.4) is 0 Å². The van der Waals surface area contributed by atoms with Crippen LogP contribution in [0, 0.1) is 10.1 Å². The van der Waals surface area contributed by atoms with E-state index in [1.165, 1.54) is 18.2 Å². The number of nitro benzene ring substituents is 1. The van der Waals surface area contributed by atoms with E-state index < -0.39 is 10.5 Å². The second-order valence-electron chi connectivity index (χ2n) is 3.58. The maximum absolute atomic E-state index is 10.5. The Morgan fingerprint density at radius 2 is 2.14 bits per heavy atom. The molecule has 0 unspecified atom stereocenters. The number of benzene rings is 1. The van der Waals surface area contributed by atoms with Crippen molar-refractivity contribution in [3.63, 3.8) is 0 Å². The zero-order valence-electron chi connectivity index (χ0n) is 7.37. The fraction of sp³-hybridized carbons (Fsp3) is 0.333. The van der Waals surface area contributed by atoms with Crippen molar-refractivity contribution in [2.75, 3.05) is 0 Å². The van der Waals surface area contributed by atoms with Crippen LogP contribution in [0.4, 0.5) is 5.69 Å². The van der Waals surface area contributed by atoms with Crippen molar-refractivity contribution in [3.05, 3.63) is 38.9 Å². The van der Waals surface area contributed by atoms with Gasteiger partial charge in [0.1, 0.15) is 0 Å². The molecule has 14 heavy (non-hydrogen) atoms. The van der Waals surface area contributed by atoms with Crippen LogP contribution in [0.15, 0.2) is 18.2 Å². The first-order chi connectivity index (χ1) is 6.53. The van der Waals surface area contributed by atoms with Crippen LogP contribution < -0.4 is 5.73 Å². The highest BCUT2D eigenvalue weighted by molar-refractivity contribution is 6.31. The Kier molecular flexibility index (Phi) is 1.97. The van der Waals surface area contributed by atoms with Gasteiger partial charge in [-0.25, -0.2) is 0 Å². The fourth-order valence-corrected chi connectivity index (χ4v) is 1.72. The highest BCUT2D eigenvalue weighted by atomic mass is 35.5. The van der Waals surface area contributed by atoms with Gasteiger partial charge in [-0.2, -0.15) is 0 Å². The van der Waals surface area contributed by atoms with Crippen LogP contribution in [-0.2, 0) is 5.54 Å². The number of non-ortho nitro benzene ring substituents is 1. The van der Waals surface area contributed by atoms with Crippen LogP contribution >= 0.6 is 11.6 Å². The summed E-state index contributed by atoms with van der Waals surface area (Å²) in [6, 6.07) is 4.38. The minimum Gasteiger partial charge on any atom is -0.321 e. The molecule has 1 fully saturated rings. The van der Waals surface area contributed by atoms with E-state index >= 15 is 0 Å². The third-order valence-corrected chi connectivity index (χ3v) is 2.82. The van der Waals surface area contributed by atoms with Crippen LogP contribution in [0.1, 0.15) is 18.4 Å². The summed E-state index contributed by atoms with van der Waals surface area (Å²) in [5.41, 5.74) is 6.23. The molecule has 1 aromatic carbocycles. The molecule has 1 aliphatic carbocycles. The highest BCUT2D eigenvalue weighted by Crippen LogP contribution is 2.46. The summed E-state index contributed by atoms with van der Waals surface area (Å²) in [6.07, 6.45) is 1.68. The standard InChI is InChI=1S/C9H9ClN2O2/c10-8-2-1-6(12(13)14)5-7(8)9(11)3-4-9/h1-2,5H,3-4,11H2. The second kappa shape index (κ2) is 2.93. The number of rotatable bonds is 2. The average Bonchev–Trinajstić information content (AvgIpc) is 2.85. The van der Waals surface area contributed by atoms with Crippen molar-refractivity contribution in [3.8, 4) is 0 Å². The fourth-order valence-electron chi connectivity index (χ4n) is 1.41. The van der Waals surface area contributed by atoms with Gasteiger partial charge in [0, 0.05) is 22.7 Å². The third-order valence-electron chi connectivity index (χ3n) is 2.49. The molecule has 2 N–H and O–H groups in total. The molecule has 74 valence electrons. The maximum Gasteiger partial charge on any atom is 0.269 e. The highest BCUT2D eigenvalue weighted by Gasteiger charge is 2.42. The van der Waals surface area contributed by atoms with Crippen molar-refractivity contribution in [2.45, 2.75) is 18.4 Å². The summed E-state index contributed by atoms with van der Waals surface area (Å²) in [7, 11) is 0. The molecular formula is C9H9ClN2O2. The lowest BCUT2D eigenvalue weighted by atomic mass is 10.1. The first-order valence-electron chi connectivity index (χ1n) is 4.26. The summed E-state index contributed by atoms with van der Waals surface area (Å²) in [5.74, 6) is 0. The van der Waals surface area contributed by atoms with Gasteiger partial charge in [0.25, 0.3) is 5.69 Å². The number of nitrogens with two attached hydrogens (primary N) is 1. The molecule has 0 bridgehead atoms. The van der Waals surface area contributed by atoms with E-state index in [4.69, 9.17) is 17.3 Å². The molecular weight excluding hydrogens is 204 g/mol. The number of hydrogen-bond donors (Lipinski definition) is 1. The Morgan fingerprint density at radius 3 is 2.64 bits per heavy atom. The van der Waals surface area contributed by atoms with Crippen molar-refractivity contribution >= 4 is 17.3 Å². The molecule has 0 aliphatic heterocycles. The SMILES string of the molecule is NC1(c2cc([N+](=O)[O-])ccc2Cl)CC1. The summed E-state index contributed by atoms with van der Waals surface area (Å²) in [4.78, 5) is 10.1. The summed E-state index contributed by atoms with van der Waals surface area (Å²) in [6.45, 7) is 0. The van der Waals surface area contributed by atoms with Gasteiger partial charge in [-0.3, -0.25) is 10.1 Å². The Labute approximate surface area is 85.8 Å². The molecule has 5 heteroatoms. The van der Waals surface area contributed by atoms with E-state index in [1.54, 1.807) is 0 Å². The van der Waals surface area contributed by atoms with Gasteiger partial charge in [-0.05, 0) is 24.5 Å². The van der Waals surface area contributed by atoms with E-state index in [-0.39, 0.29) is 5.69 Å². The maximum atomic E-state index is 10.5. The molecule has 0 aromatic heterocycles. The molecule has 1 aliphatic rings. The molecule has 0 spiro atoms. The Bertz CT molecular complexity index is 402. The molecule has 2 rings (SSSR count). The Morgan fingerprint density at radius 1 is 1.50 bits per heavy atom. The van der Waals surface area contributed by atoms with Crippen LogP contribution in [0.25, 0.3) is 0 Å². The monoisotopic (exact) mass is 212 g/mol. The topological polar surface area (TPSA) is 69.2 Å². The minimum absolute atomic E-state index is 0.0427. The number of nitro groups is 1. The van der Waals surface area contributed by atoms with E-state index in [0.29, 0.717) is 10.6 Å². The molecule has 1 saturated carbocycles. The van der Waals surface area contributed by atoms with E-state index in [1.807, 2.05) is 0 Å². The smallest absolute Gasteiger partial charge is 0.269 e. The van der Waals surface area contributed by atoms with Crippen molar-refractivity contribution in [1.82, 2.24) is 0 Å². The van der Waals surface area contributed by atoms with Crippen LogP contribution in [0.5, 0.6) is 0 Å². The minimum atomic E-state index is -0.439. The van der Waals surface area contributed by atoms with Crippen LogP contribution in [0.2, 0.25) is 5.02 Å². The van der Waals surface area contributed by atoms with Gasteiger partial charge in [0.2, 0.25) is 0 Å². The first kappa shape index (κ1) is 9.43. The summed E-state index contributed by atoms with van der Waals surface area (Å²) < 4.78 is 0. The lowest BCUT2D eigenvalue weighted by molar-refractivity contribution is -0.384. The lowest BCUT2D eigenvalue weighted by Gasteiger charge is -2.10. The molecule has 0 saturated heterocycles. The number of hydrogen-bond acceptors (Lipinski definition) is 3. The zero-order chi connectivity index (χ0) is 10.3. The largest absolute Gasteiger partial charge is 0.321 e. The molecule has 0 amide bonds. The second-order valence-corrected chi connectivity index (χ2v) is 3.98. The van der Waals surface area contributed by atoms with E-state index in [2.05, 4.69) is 0 Å². The molecule has 0 heterocycles. The van der Waals surface area contributed by atoms with Crippen molar-refractivity contribution in [1.29, 1.82) is 0 Å². The van der Waals surface area contributed by atoms with Gasteiger partial charge in [-0.15, -0.1) is 0 Å². The van der Waals surface area contributed by atoms with E-state index in [0.717, 1.165) is 12.8 Å². The molecule has 0 radical (unpaired) electrons. The Balaban J connectivity index is 2.48. The molecule has 4 nitrogen and oxygen atoms in total. The van der Waals surface area contributed by atoms with Gasteiger partial charge in [0.05, 0.1) is 4.92 Å². The van der Waals surface area contributed by atoms with Gasteiger partial charge in [0.15, 0.2) is 0 Å². The summed E-state index contributed by atoms with van der Waals surface area (Å²) >= 11 is 5.92. The predicted molar refractivity (Wildman–Crippen MR) is 53.2 cm³/mol. The first-order valence-corrected chi connectivity index (χ1v) is 4.64. The molecule has 0 atom stereocenters. The summed E-state index contributed by atoms with van der Waals surface area (Å²) in [5, 5.41) is 11.0. The normalized spacial score (nSPS) is 17.9. The molecule has 1 aromatic rings. The number of nitrogens with zero attached hydrogens (tertiary/aromatic N) is 1. The van der Waals surface area contributed by atoms with E-state index in [9.17, 15) is 10.1 Å². The quantitative estimate of drug-likeness (QED) is 0.604.